The molecule has 6 nitrogen and oxygen atoms in total. The zero-order valence-corrected chi connectivity index (χ0v) is 16.1. The number of halogens is 4. The van der Waals surface area contributed by atoms with Crippen molar-refractivity contribution in [1.82, 2.24) is 20.1 Å². The van der Waals surface area contributed by atoms with E-state index in [1.165, 1.54) is 0 Å². The number of hydrogen-bond donors (Lipinski definition) is 2. The molecule has 30 heavy (non-hydrogen) atoms. The summed E-state index contributed by atoms with van der Waals surface area (Å²) in [5.74, 6) is -0.509. The van der Waals surface area contributed by atoms with E-state index in [-0.39, 0.29) is 18.1 Å². The fraction of sp³-hybridized carbons (Fsp3) is 0.250. The number of H-pyrrole nitrogens is 1. The van der Waals surface area contributed by atoms with Crippen LogP contribution in [-0.4, -0.2) is 27.3 Å². The monoisotopic (exact) mass is 422 g/mol. The van der Waals surface area contributed by atoms with Crippen molar-refractivity contribution in [1.29, 1.82) is 0 Å². The van der Waals surface area contributed by atoms with E-state index in [2.05, 4.69) is 15.4 Å². The summed E-state index contributed by atoms with van der Waals surface area (Å²) in [6.07, 6.45) is -4.48. The topological polar surface area (TPSA) is 79.8 Å². The van der Waals surface area contributed by atoms with Crippen molar-refractivity contribution in [2.45, 2.75) is 26.6 Å². The number of hydrogen-bond acceptors (Lipinski definition) is 3. The van der Waals surface area contributed by atoms with Crippen molar-refractivity contribution in [3.8, 4) is 17.1 Å². The predicted molar refractivity (Wildman–Crippen MR) is 102 cm³/mol. The lowest BCUT2D eigenvalue weighted by molar-refractivity contribution is -0.137. The Morgan fingerprint density at radius 1 is 1.13 bits per heavy atom. The van der Waals surface area contributed by atoms with Gasteiger partial charge in [0, 0.05) is 12.1 Å². The minimum atomic E-state index is -4.48. The van der Waals surface area contributed by atoms with Crippen LogP contribution in [0.3, 0.4) is 0 Å². The number of aromatic amines is 1. The highest BCUT2D eigenvalue weighted by Crippen LogP contribution is 2.30. The lowest BCUT2D eigenvalue weighted by atomic mass is 9.97. The van der Waals surface area contributed by atoms with Crippen LogP contribution >= 0.6 is 0 Å². The highest BCUT2D eigenvalue weighted by molar-refractivity contribution is 5.77. The molecule has 0 saturated carbocycles. The van der Waals surface area contributed by atoms with Gasteiger partial charge < -0.3 is 5.32 Å². The standard InChI is InChI=1S/C20H18F4N4O2/c1-11-3-4-13(10-25-16(29)9-21)12(2)17(11)18-26-19(30)28(27-18)15-7-5-14(6-8-15)20(22,23)24/h3-8H,9-10H2,1-2H3,(H,25,29)(H,26,27,30). The van der Waals surface area contributed by atoms with Crippen molar-refractivity contribution in [3.63, 3.8) is 0 Å². The number of carbonyl (C=O) groups excluding carboxylic acids is 1. The first-order chi connectivity index (χ1) is 14.1. The van der Waals surface area contributed by atoms with Crippen LogP contribution in [-0.2, 0) is 17.5 Å². The molecule has 0 unspecified atom stereocenters. The van der Waals surface area contributed by atoms with Gasteiger partial charge in [0.05, 0.1) is 11.3 Å². The average molecular weight is 422 g/mol. The fourth-order valence-corrected chi connectivity index (χ4v) is 3.09. The largest absolute Gasteiger partial charge is 0.416 e. The summed E-state index contributed by atoms with van der Waals surface area (Å²) < 4.78 is 51.6. The zero-order valence-electron chi connectivity index (χ0n) is 16.1. The number of nitrogens with one attached hydrogen (secondary N) is 2. The van der Waals surface area contributed by atoms with Gasteiger partial charge in [-0.2, -0.15) is 17.9 Å². The number of aromatic nitrogens is 3. The first-order valence-corrected chi connectivity index (χ1v) is 8.91. The molecule has 2 N–H and O–H groups in total. The minimum Gasteiger partial charge on any atom is -0.350 e. The Hall–Kier alpha value is -3.43. The molecule has 0 aliphatic rings. The van der Waals surface area contributed by atoms with E-state index in [0.29, 0.717) is 11.1 Å². The maximum atomic E-state index is 12.8. The van der Waals surface area contributed by atoms with E-state index >= 15 is 0 Å². The Labute approximate surface area is 168 Å². The van der Waals surface area contributed by atoms with Crippen LogP contribution in [0.2, 0.25) is 0 Å². The van der Waals surface area contributed by atoms with Gasteiger partial charge in [0.25, 0.3) is 5.91 Å². The number of carbonyl (C=O) groups is 1. The number of benzene rings is 2. The summed E-state index contributed by atoms with van der Waals surface area (Å²) in [4.78, 5) is 26.2. The van der Waals surface area contributed by atoms with Crippen LogP contribution in [0.15, 0.2) is 41.2 Å². The summed E-state index contributed by atoms with van der Waals surface area (Å²) in [5, 5.41) is 6.68. The fourth-order valence-electron chi connectivity index (χ4n) is 3.09. The number of rotatable bonds is 5. The van der Waals surface area contributed by atoms with E-state index in [9.17, 15) is 27.2 Å². The van der Waals surface area contributed by atoms with E-state index in [1.807, 2.05) is 6.92 Å². The molecule has 3 aromatic rings. The maximum Gasteiger partial charge on any atom is 0.416 e. The van der Waals surface area contributed by atoms with Crippen molar-refractivity contribution < 1.29 is 22.4 Å². The molecule has 0 spiro atoms. The average Bonchev–Trinajstić information content (AvgIpc) is 3.07. The molecule has 1 amide bonds. The van der Waals surface area contributed by atoms with Crippen molar-refractivity contribution in [2.24, 2.45) is 0 Å². The number of aryl methyl sites for hydroxylation is 1. The van der Waals surface area contributed by atoms with Gasteiger partial charge in [0.2, 0.25) is 0 Å². The lowest BCUT2D eigenvalue weighted by Gasteiger charge is -2.13. The molecule has 0 fully saturated rings. The molecule has 0 radical (unpaired) electrons. The third kappa shape index (κ3) is 4.27. The highest BCUT2D eigenvalue weighted by atomic mass is 19.4. The Morgan fingerprint density at radius 2 is 1.80 bits per heavy atom. The van der Waals surface area contributed by atoms with Crippen LogP contribution in [0.5, 0.6) is 0 Å². The van der Waals surface area contributed by atoms with Gasteiger partial charge in [-0.3, -0.25) is 9.78 Å². The summed E-state index contributed by atoms with van der Waals surface area (Å²) >= 11 is 0. The van der Waals surface area contributed by atoms with Crippen LogP contribution in [0.4, 0.5) is 17.6 Å². The smallest absolute Gasteiger partial charge is 0.350 e. The lowest BCUT2D eigenvalue weighted by Crippen LogP contribution is -2.24. The highest BCUT2D eigenvalue weighted by Gasteiger charge is 2.30. The first-order valence-electron chi connectivity index (χ1n) is 8.91. The molecule has 2 aromatic carbocycles. The molecule has 0 atom stereocenters. The van der Waals surface area contributed by atoms with Crippen LogP contribution < -0.4 is 11.0 Å². The molecule has 10 heteroatoms. The van der Waals surface area contributed by atoms with Gasteiger partial charge in [-0.05, 0) is 54.8 Å². The molecule has 158 valence electrons. The SMILES string of the molecule is Cc1ccc(CNC(=O)CF)c(C)c1-c1nn(-c2ccc(C(F)(F)F)cc2)c(=O)[nH]1. The second kappa shape index (κ2) is 8.13. The predicted octanol–water partition coefficient (Wildman–Crippen LogP) is 3.45. The molecule has 1 heterocycles. The first kappa shape index (κ1) is 21.3. The molecule has 0 saturated heterocycles. The Kier molecular flexibility index (Phi) is 5.77. The van der Waals surface area contributed by atoms with E-state index in [0.717, 1.165) is 40.1 Å². The molecular formula is C20H18F4N4O2. The summed E-state index contributed by atoms with van der Waals surface area (Å²) in [6, 6.07) is 7.63. The number of amides is 1. The third-order valence-electron chi connectivity index (χ3n) is 4.68. The number of nitrogens with zero attached hydrogens (tertiary/aromatic N) is 2. The Balaban J connectivity index is 1.98. The van der Waals surface area contributed by atoms with Gasteiger partial charge in [-0.25, -0.2) is 9.18 Å². The second-order valence-corrected chi connectivity index (χ2v) is 6.69. The van der Waals surface area contributed by atoms with Gasteiger partial charge >= 0.3 is 11.9 Å². The van der Waals surface area contributed by atoms with Gasteiger partial charge in [-0.15, -0.1) is 5.10 Å². The minimum absolute atomic E-state index is 0.103. The maximum absolute atomic E-state index is 12.8. The Morgan fingerprint density at radius 3 is 2.40 bits per heavy atom. The molecule has 1 aromatic heterocycles. The van der Waals surface area contributed by atoms with Gasteiger partial charge in [0.15, 0.2) is 12.5 Å². The summed E-state index contributed by atoms with van der Waals surface area (Å²) in [6.45, 7) is 2.56. The quantitative estimate of drug-likeness (QED) is 0.618. The summed E-state index contributed by atoms with van der Waals surface area (Å²) in [5.41, 5.74) is 1.58. The molecule has 0 bridgehead atoms. The molecular weight excluding hydrogens is 404 g/mol. The number of alkyl halides is 4. The van der Waals surface area contributed by atoms with Gasteiger partial charge in [-0.1, -0.05) is 12.1 Å². The van der Waals surface area contributed by atoms with E-state index < -0.39 is 30.0 Å². The van der Waals surface area contributed by atoms with E-state index in [4.69, 9.17) is 0 Å². The van der Waals surface area contributed by atoms with Crippen molar-refractivity contribution >= 4 is 5.91 Å². The van der Waals surface area contributed by atoms with Crippen molar-refractivity contribution in [2.75, 3.05) is 6.67 Å². The van der Waals surface area contributed by atoms with Crippen LogP contribution in [0.25, 0.3) is 17.1 Å². The summed E-state index contributed by atoms with van der Waals surface area (Å²) in [7, 11) is 0. The normalized spacial score (nSPS) is 11.5. The molecule has 0 aliphatic heterocycles. The van der Waals surface area contributed by atoms with E-state index in [1.54, 1.807) is 19.1 Å². The van der Waals surface area contributed by atoms with Crippen LogP contribution in [0, 0.1) is 13.8 Å². The van der Waals surface area contributed by atoms with Crippen LogP contribution in [0.1, 0.15) is 22.3 Å². The molecule has 0 aliphatic carbocycles. The Bertz CT molecular complexity index is 1130. The van der Waals surface area contributed by atoms with Crippen molar-refractivity contribution in [3.05, 3.63) is 69.1 Å². The van der Waals surface area contributed by atoms with Gasteiger partial charge in [0.1, 0.15) is 0 Å². The third-order valence-corrected chi connectivity index (χ3v) is 4.68. The second-order valence-electron chi connectivity index (χ2n) is 6.69. The molecule has 3 rings (SSSR count). The zero-order chi connectivity index (χ0) is 22.1.